The minimum Gasteiger partial charge on any atom is -0.367 e. The maximum Gasteiger partial charge on any atom is 0.136 e. The van der Waals surface area contributed by atoms with Crippen molar-refractivity contribution in [3.05, 3.63) is 42.7 Å². The lowest BCUT2D eigenvalue weighted by Crippen LogP contribution is -2.35. The van der Waals surface area contributed by atoms with Crippen LogP contribution in [0.5, 0.6) is 0 Å². The lowest BCUT2D eigenvalue weighted by Gasteiger charge is -2.24. The Labute approximate surface area is 143 Å². The monoisotopic (exact) mass is 314 g/mol. The summed E-state index contributed by atoms with van der Waals surface area (Å²) in [5, 5.41) is 6.93. The zero-order valence-electron chi connectivity index (χ0n) is 13.4. The second kappa shape index (κ2) is 6.69. The third-order valence-corrected chi connectivity index (χ3v) is 4.43. The first-order valence-electron chi connectivity index (χ1n) is 8.30. The molecule has 3 radical (unpaired) electrons. The van der Waals surface area contributed by atoms with Gasteiger partial charge in [0.2, 0.25) is 0 Å². The van der Waals surface area contributed by atoms with E-state index in [1.165, 1.54) is 0 Å². The molecular formula is C17H18B2N5. The summed E-state index contributed by atoms with van der Waals surface area (Å²) in [6.07, 6.45) is 6.08. The Bertz CT molecular complexity index is 842. The molecule has 0 unspecified atom stereocenters. The standard InChI is InChI=1S/C17H18B2N5/c18-19-12-6-9-24-15(11-21-17(24)10-12)14-2-1-3-16(23-14)22-13-4-7-20-8-5-13/h1-3,6,9-11,13,20H,4-5,7-8H2,(H,22,23). The summed E-state index contributed by atoms with van der Waals surface area (Å²) in [6, 6.07) is 10.5. The van der Waals surface area contributed by atoms with Crippen LogP contribution in [0.15, 0.2) is 42.7 Å². The maximum absolute atomic E-state index is 5.58. The molecule has 0 bridgehead atoms. The van der Waals surface area contributed by atoms with Crippen molar-refractivity contribution < 1.29 is 0 Å². The molecule has 3 aromatic rings. The third kappa shape index (κ3) is 3.04. The zero-order valence-corrected chi connectivity index (χ0v) is 13.4. The third-order valence-electron chi connectivity index (χ3n) is 4.43. The number of fused-ring (bicyclic) bond motifs is 1. The number of pyridine rings is 2. The Morgan fingerprint density at radius 2 is 2.12 bits per heavy atom. The fourth-order valence-corrected chi connectivity index (χ4v) is 3.12. The smallest absolute Gasteiger partial charge is 0.136 e. The molecule has 0 aliphatic carbocycles. The number of hydrogen-bond donors (Lipinski definition) is 2. The van der Waals surface area contributed by atoms with E-state index in [0.717, 1.165) is 54.2 Å². The molecule has 4 rings (SSSR count). The van der Waals surface area contributed by atoms with Crippen molar-refractivity contribution in [3.63, 3.8) is 0 Å². The number of hydrogen-bond acceptors (Lipinski definition) is 4. The minimum atomic E-state index is 0.485. The van der Waals surface area contributed by atoms with Crippen molar-refractivity contribution in [1.29, 1.82) is 0 Å². The summed E-state index contributed by atoms with van der Waals surface area (Å²) in [6.45, 7) is 2.12. The van der Waals surface area contributed by atoms with E-state index in [1.54, 1.807) is 7.17 Å². The summed E-state index contributed by atoms with van der Waals surface area (Å²) in [5.41, 5.74) is 3.70. The van der Waals surface area contributed by atoms with Crippen LogP contribution in [-0.2, 0) is 0 Å². The number of aromatic nitrogens is 3. The first-order chi connectivity index (χ1) is 11.8. The molecule has 1 aliphatic heterocycles. The maximum atomic E-state index is 5.58. The summed E-state index contributed by atoms with van der Waals surface area (Å²) in [7, 11) is 7.16. The van der Waals surface area contributed by atoms with Crippen molar-refractivity contribution in [2.75, 3.05) is 18.4 Å². The van der Waals surface area contributed by atoms with Crippen LogP contribution >= 0.6 is 0 Å². The van der Waals surface area contributed by atoms with Gasteiger partial charge >= 0.3 is 0 Å². The van der Waals surface area contributed by atoms with E-state index in [1.807, 2.05) is 47.1 Å². The van der Waals surface area contributed by atoms with Gasteiger partial charge in [0.05, 0.1) is 24.8 Å². The SMILES string of the molecule is [B][B]c1ccn2c(-c3cccc(NC4CCNCC4)n3)cnc2c1. The molecule has 3 aromatic heterocycles. The Kier molecular flexibility index (Phi) is 4.26. The van der Waals surface area contributed by atoms with Gasteiger partial charge in [-0.15, -0.1) is 0 Å². The quantitative estimate of drug-likeness (QED) is 0.705. The van der Waals surface area contributed by atoms with Gasteiger partial charge in [-0.25, -0.2) is 9.97 Å². The van der Waals surface area contributed by atoms with E-state index in [0.29, 0.717) is 6.04 Å². The summed E-state index contributed by atoms with van der Waals surface area (Å²) in [4.78, 5) is 9.24. The van der Waals surface area contributed by atoms with Gasteiger partial charge in [0.1, 0.15) is 11.5 Å². The van der Waals surface area contributed by atoms with E-state index in [4.69, 9.17) is 12.7 Å². The zero-order chi connectivity index (χ0) is 16.4. The second-order valence-corrected chi connectivity index (χ2v) is 6.08. The number of anilines is 1. The van der Waals surface area contributed by atoms with Crippen molar-refractivity contribution in [3.8, 4) is 11.4 Å². The van der Waals surface area contributed by atoms with Crippen molar-refractivity contribution in [2.45, 2.75) is 18.9 Å². The largest absolute Gasteiger partial charge is 0.367 e. The molecule has 0 saturated carbocycles. The highest BCUT2D eigenvalue weighted by atomic mass is 15.1. The van der Waals surface area contributed by atoms with Crippen LogP contribution < -0.4 is 16.1 Å². The van der Waals surface area contributed by atoms with Crippen LogP contribution in [0.3, 0.4) is 0 Å². The Morgan fingerprint density at radius 1 is 1.25 bits per heavy atom. The Hall–Kier alpha value is -2.27. The fourth-order valence-electron chi connectivity index (χ4n) is 3.12. The van der Waals surface area contributed by atoms with Crippen molar-refractivity contribution in [1.82, 2.24) is 19.7 Å². The molecule has 0 atom stereocenters. The van der Waals surface area contributed by atoms with Crippen LogP contribution in [-0.4, -0.2) is 48.4 Å². The van der Waals surface area contributed by atoms with Gasteiger partial charge in [-0.2, -0.15) is 0 Å². The fraction of sp³-hybridized carbons (Fsp3) is 0.294. The molecule has 1 fully saturated rings. The molecule has 0 aromatic carbocycles. The van der Waals surface area contributed by atoms with Gasteiger partial charge in [-0.05, 0) is 44.1 Å². The lowest BCUT2D eigenvalue weighted by atomic mass is 9.51. The van der Waals surface area contributed by atoms with E-state index in [2.05, 4.69) is 15.6 Å². The summed E-state index contributed by atoms with van der Waals surface area (Å²) >= 11 is 0. The van der Waals surface area contributed by atoms with E-state index in [9.17, 15) is 0 Å². The van der Waals surface area contributed by atoms with Crippen LogP contribution in [0.4, 0.5) is 5.82 Å². The van der Waals surface area contributed by atoms with Crippen LogP contribution in [0.25, 0.3) is 17.0 Å². The molecule has 117 valence electrons. The second-order valence-electron chi connectivity index (χ2n) is 6.08. The normalized spacial score (nSPS) is 15.5. The minimum absolute atomic E-state index is 0.485. The van der Waals surface area contributed by atoms with Gasteiger partial charge in [-0.1, -0.05) is 17.6 Å². The first-order valence-corrected chi connectivity index (χ1v) is 8.30. The number of nitrogens with zero attached hydrogens (tertiary/aromatic N) is 3. The van der Waals surface area contributed by atoms with E-state index < -0.39 is 0 Å². The van der Waals surface area contributed by atoms with Gasteiger partial charge in [-0.3, -0.25) is 4.40 Å². The van der Waals surface area contributed by atoms with Gasteiger partial charge < -0.3 is 10.6 Å². The number of imidazole rings is 1. The topological polar surface area (TPSA) is 54.2 Å². The lowest BCUT2D eigenvalue weighted by molar-refractivity contribution is 0.478. The number of rotatable bonds is 4. The van der Waals surface area contributed by atoms with E-state index >= 15 is 0 Å². The molecule has 0 spiro atoms. The van der Waals surface area contributed by atoms with Crippen molar-refractivity contribution >= 4 is 31.8 Å². The van der Waals surface area contributed by atoms with Gasteiger partial charge in [0.15, 0.2) is 0 Å². The molecule has 24 heavy (non-hydrogen) atoms. The summed E-state index contributed by atoms with van der Waals surface area (Å²) in [5.74, 6) is 0.918. The highest BCUT2D eigenvalue weighted by molar-refractivity contribution is 6.97. The highest BCUT2D eigenvalue weighted by Crippen LogP contribution is 2.21. The molecule has 7 heteroatoms. The van der Waals surface area contributed by atoms with E-state index in [-0.39, 0.29) is 0 Å². The molecule has 1 aliphatic rings. The molecular weight excluding hydrogens is 296 g/mol. The number of nitrogens with one attached hydrogen (secondary N) is 2. The molecule has 2 N–H and O–H groups in total. The molecule has 0 amide bonds. The highest BCUT2D eigenvalue weighted by Gasteiger charge is 2.14. The number of piperidine rings is 1. The summed E-state index contributed by atoms with van der Waals surface area (Å²) < 4.78 is 2.03. The Balaban J connectivity index is 1.63. The van der Waals surface area contributed by atoms with Crippen LogP contribution in [0.1, 0.15) is 12.8 Å². The average molecular weight is 314 g/mol. The van der Waals surface area contributed by atoms with Gasteiger partial charge in [0, 0.05) is 20.0 Å². The van der Waals surface area contributed by atoms with Crippen LogP contribution in [0.2, 0.25) is 0 Å². The van der Waals surface area contributed by atoms with Crippen LogP contribution in [0, 0.1) is 0 Å². The molecule has 4 heterocycles. The first kappa shape index (κ1) is 15.3. The average Bonchev–Trinajstić information content (AvgIpc) is 3.06. The predicted octanol–water partition coefficient (Wildman–Crippen LogP) is 0.973. The molecule has 5 nitrogen and oxygen atoms in total. The van der Waals surface area contributed by atoms with Gasteiger partial charge in [0.25, 0.3) is 0 Å². The van der Waals surface area contributed by atoms with Crippen molar-refractivity contribution in [2.24, 2.45) is 0 Å². The molecule has 1 saturated heterocycles. The predicted molar refractivity (Wildman–Crippen MR) is 99.1 cm³/mol. The Morgan fingerprint density at radius 3 is 2.96 bits per heavy atom.